The second-order valence-electron chi connectivity index (χ2n) is 4.98. The van der Waals surface area contributed by atoms with Gasteiger partial charge in [0.15, 0.2) is 0 Å². The number of hydrogen-bond acceptors (Lipinski definition) is 4. The van der Waals surface area contributed by atoms with Gasteiger partial charge in [0.2, 0.25) is 10.5 Å². The van der Waals surface area contributed by atoms with Crippen LogP contribution in [0.15, 0.2) is 0 Å². The molecule has 3 unspecified atom stereocenters. The minimum absolute atomic E-state index is 0.0370. The molecular weight excluding hydrogens is 260 g/mol. The van der Waals surface area contributed by atoms with Crippen LogP contribution in [0.4, 0.5) is 0 Å². The summed E-state index contributed by atoms with van der Waals surface area (Å²) in [6.07, 6.45) is 2.77. The van der Waals surface area contributed by atoms with Gasteiger partial charge in [-0.05, 0) is 40.0 Å². The van der Waals surface area contributed by atoms with Crippen molar-refractivity contribution in [2.45, 2.75) is 85.1 Å². The second kappa shape index (κ2) is 9.88. The van der Waals surface area contributed by atoms with Gasteiger partial charge in [-0.2, -0.15) is 0 Å². The molecule has 3 radical (unpaired) electrons. The Balaban J connectivity index is 4.96. The summed E-state index contributed by atoms with van der Waals surface area (Å²) >= 11 is 0. The monoisotopic (exact) mass is 289 g/mol. The summed E-state index contributed by atoms with van der Waals surface area (Å²) < 4.78 is 23.0. The molecule has 0 aromatic carbocycles. The molecule has 19 heavy (non-hydrogen) atoms. The molecule has 0 aliphatic heterocycles. The largest absolute Gasteiger partial charge is 0.410 e. The highest BCUT2D eigenvalue weighted by molar-refractivity contribution is 5.97. The summed E-state index contributed by atoms with van der Waals surface area (Å²) in [7, 11) is 3.03. The van der Waals surface area contributed by atoms with Gasteiger partial charge in [-0.15, -0.1) is 0 Å². The summed E-state index contributed by atoms with van der Waals surface area (Å²) in [5, 5.41) is 0. The predicted octanol–water partition coefficient (Wildman–Crippen LogP) is 3.19. The van der Waals surface area contributed by atoms with Crippen LogP contribution in [-0.4, -0.2) is 41.4 Å². The van der Waals surface area contributed by atoms with Gasteiger partial charge in [0.05, 0.1) is 18.3 Å². The molecule has 5 heteroatoms. The summed E-state index contributed by atoms with van der Waals surface area (Å²) in [4.78, 5) is 0. The van der Waals surface area contributed by atoms with E-state index in [9.17, 15) is 0 Å². The third-order valence-electron chi connectivity index (χ3n) is 3.12. The maximum Gasteiger partial charge on any atom is 0.307 e. The van der Waals surface area contributed by atoms with E-state index in [1.165, 1.54) is 0 Å². The summed E-state index contributed by atoms with van der Waals surface area (Å²) in [5.74, 6) is -1.15. The normalized spacial score (nSPS) is 19.7. The number of rotatable bonds is 11. The predicted molar refractivity (Wildman–Crippen MR) is 77.0 cm³/mol. The molecule has 0 N–H and O–H groups in total. The Bertz CT molecular complexity index is 194. The van der Waals surface area contributed by atoms with E-state index in [2.05, 4.69) is 31.3 Å². The molecule has 0 bridgehead atoms. The van der Waals surface area contributed by atoms with Gasteiger partial charge in [-0.25, -0.2) is 0 Å². The molecule has 3 atom stereocenters. The zero-order valence-corrected chi connectivity index (χ0v) is 14.2. The topological polar surface area (TPSA) is 36.9 Å². The Morgan fingerprint density at radius 3 is 1.32 bits per heavy atom. The highest BCUT2D eigenvalue weighted by Gasteiger charge is 2.38. The fourth-order valence-corrected chi connectivity index (χ4v) is 1.62. The molecule has 113 valence electrons. The maximum absolute atomic E-state index is 5.97. The SMILES string of the molecule is CCC(C)OC(CO[Si])(OC(C)CC)OC(C)CC. The van der Waals surface area contributed by atoms with Crippen molar-refractivity contribution in [2.24, 2.45) is 0 Å². The maximum atomic E-state index is 5.97. The Labute approximate surface area is 121 Å². The lowest BCUT2D eigenvalue weighted by Gasteiger charge is -2.38. The lowest BCUT2D eigenvalue weighted by Crippen LogP contribution is -2.49. The minimum atomic E-state index is -1.15. The van der Waals surface area contributed by atoms with Crippen LogP contribution in [0.1, 0.15) is 60.8 Å². The van der Waals surface area contributed by atoms with Crippen LogP contribution < -0.4 is 0 Å². The van der Waals surface area contributed by atoms with Gasteiger partial charge in [0.25, 0.3) is 0 Å². The molecule has 0 spiro atoms. The molecule has 0 aliphatic rings. The van der Waals surface area contributed by atoms with Crippen molar-refractivity contribution in [3.63, 3.8) is 0 Å². The molecule has 0 heterocycles. The minimum Gasteiger partial charge on any atom is -0.410 e. The third kappa shape index (κ3) is 7.42. The summed E-state index contributed by atoms with van der Waals surface area (Å²) in [6, 6.07) is 0. The average Bonchev–Trinajstić information content (AvgIpc) is 2.38. The van der Waals surface area contributed by atoms with E-state index >= 15 is 0 Å². The van der Waals surface area contributed by atoms with E-state index in [1.807, 2.05) is 20.8 Å². The quantitative estimate of drug-likeness (QED) is 0.432. The zero-order valence-electron chi connectivity index (χ0n) is 13.2. The van der Waals surface area contributed by atoms with E-state index < -0.39 is 5.97 Å². The van der Waals surface area contributed by atoms with Crippen molar-refractivity contribution in [3.05, 3.63) is 0 Å². The van der Waals surface area contributed by atoms with Crippen molar-refractivity contribution in [1.82, 2.24) is 0 Å². The van der Waals surface area contributed by atoms with Gasteiger partial charge >= 0.3 is 5.97 Å². The summed E-state index contributed by atoms with van der Waals surface area (Å²) in [6.45, 7) is 12.4. The molecule has 0 aromatic rings. The van der Waals surface area contributed by atoms with Gasteiger partial charge in [0, 0.05) is 0 Å². The molecule has 0 saturated carbocycles. The fraction of sp³-hybridized carbons (Fsp3) is 1.00. The van der Waals surface area contributed by atoms with E-state index in [1.54, 1.807) is 0 Å². The first-order chi connectivity index (χ1) is 8.92. The van der Waals surface area contributed by atoms with E-state index in [-0.39, 0.29) is 24.9 Å². The highest BCUT2D eigenvalue weighted by Crippen LogP contribution is 2.25. The van der Waals surface area contributed by atoms with Crippen molar-refractivity contribution in [2.75, 3.05) is 6.61 Å². The van der Waals surface area contributed by atoms with Crippen LogP contribution in [0.3, 0.4) is 0 Å². The smallest absolute Gasteiger partial charge is 0.307 e. The van der Waals surface area contributed by atoms with Crippen molar-refractivity contribution < 1.29 is 18.6 Å². The molecule has 0 aromatic heterocycles. The van der Waals surface area contributed by atoms with Crippen molar-refractivity contribution >= 4 is 10.5 Å². The third-order valence-corrected chi connectivity index (χ3v) is 3.26. The number of hydrogen-bond donors (Lipinski definition) is 0. The van der Waals surface area contributed by atoms with Gasteiger partial charge in [0.1, 0.15) is 6.61 Å². The van der Waals surface area contributed by atoms with Crippen LogP contribution in [0.2, 0.25) is 0 Å². The van der Waals surface area contributed by atoms with Crippen molar-refractivity contribution in [1.29, 1.82) is 0 Å². The van der Waals surface area contributed by atoms with E-state index in [4.69, 9.17) is 18.6 Å². The molecule has 0 fully saturated rings. The first-order valence-electron chi connectivity index (χ1n) is 7.24. The summed E-state index contributed by atoms with van der Waals surface area (Å²) in [5.41, 5.74) is 0. The second-order valence-corrected chi connectivity index (χ2v) is 5.27. The van der Waals surface area contributed by atoms with Gasteiger partial charge in [-0.3, -0.25) is 0 Å². The molecule has 4 nitrogen and oxygen atoms in total. The average molecular weight is 289 g/mol. The highest BCUT2D eigenvalue weighted by atomic mass is 28.2. The Kier molecular flexibility index (Phi) is 9.91. The molecule has 0 aliphatic carbocycles. The lowest BCUT2D eigenvalue weighted by atomic mass is 10.3. The Hall–Kier alpha value is 0.0569. The van der Waals surface area contributed by atoms with Crippen molar-refractivity contribution in [3.8, 4) is 0 Å². The van der Waals surface area contributed by atoms with Crippen LogP contribution >= 0.6 is 0 Å². The number of ether oxygens (including phenoxy) is 3. The van der Waals surface area contributed by atoms with E-state index in [0.717, 1.165) is 19.3 Å². The fourth-order valence-electron chi connectivity index (χ4n) is 1.44. The van der Waals surface area contributed by atoms with Gasteiger partial charge < -0.3 is 18.6 Å². The Morgan fingerprint density at radius 2 is 1.11 bits per heavy atom. The molecule has 0 saturated heterocycles. The first-order valence-corrected chi connectivity index (χ1v) is 7.65. The zero-order chi connectivity index (χ0) is 14.9. The van der Waals surface area contributed by atoms with Gasteiger partial charge in [-0.1, -0.05) is 20.8 Å². The molecule has 0 amide bonds. The Morgan fingerprint density at radius 1 is 0.789 bits per heavy atom. The molecule has 0 rings (SSSR count). The van der Waals surface area contributed by atoms with Crippen LogP contribution in [0.25, 0.3) is 0 Å². The molecular formula is C14H29O4Si. The van der Waals surface area contributed by atoms with Crippen LogP contribution in [-0.2, 0) is 18.6 Å². The standard InChI is InChI=1S/C14H29O4Si/c1-7-11(4)16-14(10-15-19,17-12(5)8-2)18-13(6)9-3/h11-13H,7-10H2,1-6H3. The lowest BCUT2D eigenvalue weighted by molar-refractivity contribution is -0.420. The first kappa shape index (κ1) is 19.1. The van der Waals surface area contributed by atoms with Crippen LogP contribution in [0, 0.1) is 0 Å². The van der Waals surface area contributed by atoms with E-state index in [0.29, 0.717) is 0 Å². The van der Waals surface area contributed by atoms with Crippen LogP contribution in [0.5, 0.6) is 0 Å².